The highest BCUT2D eigenvalue weighted by molar-refractivity contribution is 7.19. The molecule has 59 heavy (non-hydrogen) atoms. The van der Waals surface area contributed by atoms with E-state index >= 15 is 0 Å². The van der Waals surface area contributed by atoms with Crippen LogP contribution in [0.5, 0.6) is 0 Å². The van der Waals surface area contributed by atoms with Crippen molar-refractivity contribution in [3.8, 4) is 16.8 Å². The van der Waals surface area contributed by atoms with Crippen molar-refractivity contribution < 1.29 is 42.8 Å². The van der Waals surface area contributed by atoms with Crippen LogP contribution in [0, 0.1) is 0 Å². The molecule has 11 rings (SSSR count). The minimum absolute atomic E-state index is 0.127. The van der Waals surface area contributed by atoms with E-state index in [-0.39, 0.29) is 5.19 Å². The maximum Gasteiger partial charge on any atom is 0.179 e. The summed E-state index contributed by atoms with van der Waals surface area (Å²) in [4.78, 5) is 0. The predicted molar refractivity (Wildman–Crippen MR) is 252 cm³/mol. The lowest BCUT2D eigenvalue weighted by atomic mass is 9.63. The lowest BCUT2D eigenvalue weighted by Crippen LogP contribution is -2.75. The van der Waals surface area contributed by atoms with Crippen LogP contribution in [0.4, 0.5) is 0 Å². The van der Waals surface area contributed by atoms with E-state index in [0.717, 1.165) is 10.1 Å². The van der Waals surface area contributed by atoms with E-state index in [1.54, 1.807) is 12.1 Å². The Morgan fingerprint density at radius 1 is 0.508 bits per heavy atom. The molecule has 3 heteroatoms. The maximum atomic E-state index is 10.8. The lowest BCUT2D eigenvalue weighted by Gasteiger charge is -2.43. The molecule has 286 valence electrons. The summed E-state index contributed by atoms with van der Waals surface area (Å²) in [7, 11) is -5.85. The fraction of sp³-hybridized carbons (Fsp3) is 0.143. The van der Waals surface area contributed by atoms with Crippen molar-refractivity contribution in [2.45, 2.75) is 51.4 Å². The van der Waals surface area contributed by atoms with Crippen molar-refractivity contribution in [2.75, 3.05) is 0 Å². The lowest BCUT2D eigenvalue weighted by molar-refractivity contribution is 0.332. The number of hydrogen-bond acceptors (Lipinski definition) is 1. The molecule has 0 unspecified atom stereocenters. The number of para-hydroxylation sites is 3. The van der Waals surface area contributed by atoms with E-state index in [0.29, 0.717) is 18.4 Å². The van der Waals surface area contributed by atoms with Crippen molar-refractivity contribution >= 4 is 72.6 Å². The first-order valence-electron chi connectivity index (χ1n) is 32.8. The molecular weight excluding hydrogens is 731 g/mol. The molecule has 0 N–H and O–H groups in total. The molecule has 0 spiro atoms. The molecule has 1 aliphatic carbocycles. The molecule has 0 saturated carbocycles. The van der Waals surface area contributed by atoms with Crippen LogP contribution in [0.3, 0.4) is 0 Å². The third-order valence-electron chi connectivity index (χ3n) is 11.7. The van der Waals surface area contributed by atoms with Gasteiger partial charge in [0.25, 0.3) is 0 Å². The quantitative estimate of drug-likeness (QED) is 0.121. The summed E-state index contributed by atoms with van der Waals surface area (Å²) in [6, 6.07) is -22.2. The molecule has 0 bridgehead atoms. The Labute approximate surface area is 386 Å². The highest BCUT2D eigenvalue weighted by atomic mass is 28.3. The zero-order valence-electron chi connectivity index (χ0n) is 60.0. The van der Waals surface area contributed by atoms with Gasteiger partial charge in [-0.05, 0) is 91.3 Å². The van der Waals surface area contributed by atoms with Gasteiger partial charge >= 0.3 is 0 Å². The molecule has 2 aromatic heterocycles. The second-order valence-corrected chi connectivity index (χ2v) is 19.4. The highest BCUT2D eigenvalue weighted by Crippen LogP contribution is 2.46. The Kier molecular flexibility index (Phi) is 3.84. The van der Waals surface area contributed by atoms with Crippen molar-refractivity contribution in [3.05, 3.63) is 199 Å². The average molecular weight is 806 g/mol. The minimum Gasteiger partial charge on any atom is -0.455 e. The SMILES string of the molecule is [2H]c1c([2H])c([2H])c([Si](c2ccc3c(c2)C(C)(C)CCC3(C)C)(c2c([2H])c([2H])c([2H])c([2H])c2[2H])c2c([2H])c([2H])c([2H])c(-n3c4c([2H])c([2H])c([2H])c([2H])c4c4c(-c5c([2H])c([2H])c([2H])c6c5oc5c([2H])c([2H])c([2H])c([2H])c56)c([2H])c([2H])c([2H])c43)c2[2H])c([2H])c1[2H]. The van der Waals surface area contributed by atoms with Crippen LogP contribution >= 0.6 is 0 Å². The fourth-order valence-corrected chi connectivity index (χ4v) is 12.5. The highest BCUT2D eigenvalue weighted by Gasteiger charge is 2.44. The van der Waals surface area contributed by atoms with Crippen molar-refractivity contribution in [1.29, 1.82) is 0 Å². The van der Waals surface area contributed by atoms with Gasteiger partial charge < -0.3 is 8.98 Å². The molecular formula is C56H47NOSi. The predicted octanol–water partition coefficient (Wildman–Crippen LogP) is 12.1. The molecule has 0 aliphatic heterocycles. The molecule has 2 heterocycles. The van der Waals surface area contributed by atoms with E-state index in [1.807, 2.05) is 27.7 Å². The van der Waals surface area contributed by atoms with Gasteiger partial charge in [-0.15, -0.1) is 0 Å². The number of aromatic nitrogens is 1. The summed E-state index contributed by atoms with van der Waals surface area (Å²) in [5.74, 6) is 0. The zero-order chi connectivity index (χ0) is 64.3. The maximum absolute atomic E-state index is 10.8. The Morgan fingerprint density at radius 3 is 1.85 bits per heavy atom. The normalized spacial score (nSPS) is 21.6. The first kappa shape index (κ1) is 17.0. The summed E-state index contributed by atoms with van der Waals surface area (Å²) in [5, 5.41) is -4.65. The van der Waals surface area contributed by atoms with Gasteiger partial charge in [0.2, 0.25) is 0 Å². The number of fused-ring (bicyclic) bond motifs is 7. The topological polar surface area (TPSA) is 18.1 Å². The van der Waals surface area contributed by atoms with Crippen LogP contribution in [0.25, 0.3) is 60.6 Å². The first-order chi connectivity index (χ1) is 40.4. The molecule has 0 saturated heterocycles. The summed E-state index contributed by atoms with van der Waals surface area (Å²) >= 11 is 0. The van der Waals surface area contributed by atoms with Gasteiger partial charge in [0.05, 0.1) is 49.4 Å². The Bertz CT molecular complexity index is 4740. The van der Waals surface area contributed by atoms with Crippen LogP contribution in [0.1, 0.15) is 90.0 Å². The molecule has 0 radical (unpaired) electrons. The summed E-state index contributed by atoms with van der Waals surface area (Å²) in [6.07, 6.45) is 1.20. The monoisotopic (exact) mass is 806 g/mol. The van der Waals surface area contributed by atoms with Gasteiger partial charge in [-0.2, -0.15) is 0 Å². The first-order valence-corrected chi connectivity index (χ1v) is 20.8. The molecule has 0 fully saturated rings. The molecule has 0 atom stereocenters. The third kappa shape index (κ3) is 5.37. The van der Waals surface area contributed by atoms with Gasteiger partial charge in [-0.3, -0.25) is 0 Å². The molecule has 0 amide bonds. The van der Waals surface area contributed by atoms with E-state index < -0.39 is 264 Å². The van der Waals surface area contributed by atoms with Crippen LogP contribution in [0.2, 0.25) is 0 Å². The van der Waals surface area contributed by atoms with Crippen LogP contribution < -0.4 is 20.7 Å². The van der Waals surface area contributed by atoms with Crippen LogP contribution in [-0.2, 0) is 10.8 Å². The summed E-state index contributed by atoms with van der Waals surface area (Å²) in [6.45, 7) is 7.79. The summed E-state index contributed by atoms with van der Waals surface area (Å²) < 4.78 is 269. The Balaban J connectivity index is 1.46. The van der Waals surface area contributed by atoms with Gasteiger partial charge in [0, 0.05) is 32.8 Å². The standard InChI is InChI=1S/C56H47NOSi/c1-55(2)34-35-56(3,4)49-37-42(32-33-48(49)55)59(39-19-7-5-8-20-39,40-21-9-6-10-22-40)41-23-15-18-38(36-41)57-50-29-13-11-25-47(50)53-44(26-17-30-51(53)57)46-28-16-27-45-43-24-12-14-31-52(43)58-54(45)46/h5-33,36-37H,34-35H2,1-4H3/i5D,6D,7D,8D,9D,10D,11D,12D,13D,14D,15D,16D,17D,18D,19D,20D,21D,22D,23D,24D,25D,26D,27D,28D,29D,30D,31D,36D. The average Bonchev–Trinajstić information content (AvgIpc) is 1.67. The van der Waals surface area contributed by atoms with Crippen molar-refractivity contribution in [3.63, 3.8) is 0 Å². The number of rotatable bonds is 6. The van der Waals surface area contributed by atoms with Crippen LogP contribution in [-0.4, -0.2) is 12.6 Å². The van der Waals surface area contributed by atoms with Crippen LogP contribution in [0.15, 0.2) is 192 Å². The second-order valence-electron chi connectivity index (χ2n) is 15.8. The van der Waals surface area contributed by atoms with E-state index in [9.17, 15) is 24.7 Å². The van der Waals surface area contributed by atoms with Gasteiger partial charge in [-0.1, -0.05) is 185 Å². The van der Waals surface area contributed by atoms with Gasteiger partial charge in [0.15, 0.2) is 8.07 Å². The van der Waals surface area contributed by atoms with E-state index in [2.05, 4.69) is 0 Å². The minimum atomic E-state index is -5.85. The number of hydrogen-bond donors (Lipinski definition) is 0. The zero-order valence-corrected chi connectivity index (χ0v) is 33.0. The molecule has 8 aromatic carbocycles. The largest absolute Gasteiger partial charge is 0.455 e. The van der Waals surface area contributed by atoms with E-state index in [4.69, 9.17) is 18.1 Å². The number of furan rings is 1. The van der Waals surface area contributed by atoms with E-state index in [1.165, 1.54) is 6.07 Å². The fourth-order valence-electron chi connectivity index (χ4n) is 8.63. The van der Waals surface area contributed by atoms with Gasteiger partial charge in [-0.25, -0.2) is 0 Å². The second kappa shape index (κ2) is 13.3. The smallest absolute Gasteiger partial charge is 0.179 e. The van der Waals surface area contributed by atoms with Gasteiger partial charge in [0.1, 0.15) is 11.2 Å². The Hall–Kier alpha value is -6.42. The molecule has 10 aromatic rings. The molecule has 1 aliphatic rings. The summed E-state index contributed by atoms with van der Waals surface area (Å²) in [5.41, 5.74) is -4.99. The Morgan fingerprint density at radius 2 is 1.08 bits per heavy atom. The third-order valence-corrected chi connectivity index (χ3v) is 15.8. The molecule has 2 nitrogen and oxygen atoms in total. The van der Waals surface area contributed by atoms with Crippen molar-refractivity contribution in [1.82, 2.24) is 4.57 Å². The van der Waals surface area contributed by atoms with Crippen molar-refractivity contribution in [2.24, 2.45) is 0 Å². The number of benzene rings is 8. The number of nitrogens with zero attached hydrogens (tertiary/aromatic N) is 1.